The molecular formula is C12H19I3O11. The summed E-state index contributed by atoms with van der Waals surface area (Å²) in [6.07, 6.45) is -7.85. The number of hydrogen-bond acceptors (Lipinski definition) is 11. The molecule has 26 heavy (non-hydrogen) atoms. The first-order chi connectivity index (χ1) is 11.8. The summed E-state index contributed by atoms with van der Waals surface area (Å²) in [4.78, 5) is 0. The van der Waals surface area contributed by atoms with Gasteiger partial charge in [0.1, 0.15) is 37.1 Å². The molecule has 2 rings (SSSR count). The van der Waals surface area contributed by atoms with Crippen molar-refractivity contribution < 1.29 is 55.1 Å². The molecule has 1 unspecified atom stereocenters. The molecule has 0 saturated carbocycles. The summed E-state index contributed by atoms with van der Waals surface area (Å²) >= 11 is 4.15. The highest BCUT2D eigenvalue weighted by Gasteiger charge is 2.73. The van der Waals surface area contributed by atoms with Crippen LogP contribution < -0.4 is 0 Å². The van der Waals surface area contributed by atoms with Crippen LogP contribution in [0.1, 0.15) is 0 Å². The van der Waals surface area contributed by atoms with Crippen LogP contribution in [0.5, 0.6) is 0 Å². The van der Waals surface area contributed by atoms with Crippen molar-refractivity contribution in [1.82, 2.24) is 0 Å². The summed E-state index contributed by atoms with van der Waals surface area (Å²) in [5.74, 6) is -2.32. The van der Waals surface area contributed by atoms with Crippen molar-refractivity contribution in [2.45, 2.75) is 47.3 Å². The number of aliphatic hydroxyl groups is 8. The van der Waals surface area contributed by atoms with Crippen molar-refractivity contribution >= 4 is 67.8 Å². The van der Waals surface area contributed by atoms with Crippen molar-refractivity contribution in [3.05, 3.63) is 0 Å². The molecule has 2 saturated heterocycles. The molecule has 2 aliphatic rings. The Morgan fingerprint density at radius 2 is 1.38 bits per heavy atom. The number of halogens is 3. The van der Waals surface area contributed by atoms with Gasteiger partial charge in [-0.2, -0.15) is 0 Å². The maximum Gasteiger partial charge on any atom is 0.267 e. The van der Waals surface area contributed by atoms with Crippen LogP contribution in [-0.4, -0.2) is 108 Å². The van der Waals surface area contributed by atoms with Gasteiger partial charge >= 0.3 is 0 Å². The van der Waals surface area contributed by atoms with Crippen LogP contribution in [0, 0.1) is 0 Å². The molecule has 0 aliphatic carbocycles. The van der Waals surface area contributed by atoms with E-state index < -0.39 is 67.1 Å². The van der Waals surface area contributed by atoms with E-state index in [0.29, 0.717) is 0 Å². The third-order valence-corrected chi connectivity index (χ3v) is 10.6. The summed E-state index contributed by atoms with van der Waals surface area (Å²) in [6, 6.07) is 0. The molecule has 154 valence electrons. The van der Waals surface area contributed by atoms with E-state index in [1.165, 1.54) is 67.8 Å². The van der Waals surface area contributed by atoms with Gasteiger partial charge in [0.15, 0.2) is 3.61 Å². The fourth-order valence-electron chi connectivity index (χ4n) is 2.69. The molecule has 8 N–H and O–H groups in total. The van der Waals surface area contributed by atoms with E-state index in [0.717, 1.165) is 0 Å². The predicted octanol–water partition coefficient (Wildman–Crippen LogP) is -3.11. The lowest BCUT2D eigenvalue weighted by atomic mass is 9.98. The summed E-state index contributed by atoms with van der Waals surface area (Å²) < 4.78 is 9.31. The predicted molar refractivity (Wildman–Crippen MR) is 108 cm³/mol. The number of hydrogen-bond donors (Lipinski definition) is 8. The van der Waals surface area contributed by atoms with Gasteiger partial charge in [0.05, 0.1) is 13.2 Å². The Morgan fingerprint density at radius 1 is 0.846 bits per heavy atom. The Balaban J connectivity index is 2.44. The quantitative estimate of drug-likeness (QED) is 0.106. The molecule has 0 radical (unpaired) electrons. The van der Waals surface area contributed by atoms with E-state index in [9.17, 15) is 40.9 Å². The molecule has 0 bridgehead atoms. The zero-order valence-electron chi connectivity index (χ0n) is 12.9. The van der Waals surface area contributed by atoms with E-state index in [1.807, 2.05) is 0 Å². The van der Waals surface area contributed by atoms with Crippen molar-refractivity contribution in [2.75, 3.05) is 19.8 Å². The Bertz CT molecular complexity index is 523. The molecule has 14 heteroatoms. The van der Waals surface area contributed by atoms with E-state index in [-0.39, 0.29) is 0 Å². The average Bonchev–Trinajstić information content (AvgIpc) is 2.82. The smallest absolute Gasteiger partial charge is 0.267 e. The molecule has 0 aromatic rings. The number of rotatable bonds is 5. The third kappa shape index (κ3) is 3.54. The Kier molecular flexibility index (Phi) is 7.50. The largest absolute Gasteiger partial charge is 0.394 e. The summed E-state index contributed by atoms with van der Waals surface area (Å²) in [5, 5.41) is 80.2. The van der Waals surface area contributed by atoms with E-state index in [1.54, 1.807) is 0 Å². The first-order valence-corrected chi connectivity index (χ1v) is 10.5. The van der Waals surface area contributed by atoms with Gasteiger partial charge in [-0.15, -0.1) is 0 Å². The first kappa shape index (κ1) is 24.0. The Labute approximate surface area is 188 Å². The minimum absolute atomic E-state index is 0.693. The lowest BCUT2D eigenvalue weighted by Crippen LogP contribution is -2.75. The normalized spacial score (nSPS) is 55.3. The van der Waals surface area contributed by atoms with Crippen LogP contribution in [0.3, 0.4) is 0 Å². The van der Waals surface area contributed by atoms with Gasteiger partial charge in [0.25, 0.3) is 3.79 Å². The molecule has 11 nitrogen and oxygen atoms in total. The fourth-order valence-corrected chi connectivity index (χ4v) is 5.63. The van der Waals surface area contributed by atoms with Crippen LogP contribution in [0.4, 0.5) is 0 Å². The second-order valence-corrected chi connectivity index (χ2v) is 10.6. The van der Waals surface area contributed by atoms with Gasteiger partial charge in [-0.1, -0.05) is 0 Å². The molecule has 0 aromatic heterocycles. The number of ether oxygens (including phenoxy) is 3. The van der Waals surface area contributed by atoms with Crippen LogP contribution in [0.25, 0.3) is 0 Å². The van der Waals surface area contributed by atoms with Crippen LogP contribution in [0.15, 0.2) is 0 Å². The highest BCUT2D eigenvalue weighted by Crippen LogP contribution is 2.57. The van der Waals surface area contributed by atoms with E-state index in [2.05, 4.69) is 0 Å². The average molecular weight is 720 g/mol. The van der Waals surface area contributed by atoms with Crippen LogP contribution in [0.2, 0.25) is 0 Å². The third-order valence-electron chi connectivity index (χ3n) is 4.30. The molecule has 2 fully saturated rings. The monoisotopic (exact) mass is 720 g/mol. The lowest BCUT2D eigenvalue weighted by molar-refractivity contribution is -0.397. The van der Waals surface area contributed by atoms with Crippen LogP contribution in [-0.2, 0) is 14.2 Å². The standard InChI is InChI=1S/C12H19I3O11/c13-10(22)7(20)5(2-17)25-12(15,11(10,14)23)26-9(3-18)8(21)6(19)4(1-16)24-9/h4-8,16-23H,1-3H2/t4-,5-,6-,7-,8+,9?,10+,11-,12-/m1/s1. The van der Waals surface area contributed by atoms with Crippen molar-refractivity contribution in [2.24, 2.45) is 0 Å². The first-order valence-electron chi connectivity index (χ1n) is 7.27. The van der Waals surface area contributed by atoms with Crippen molar-refractivity contribution in [3.63, 3.8) is 0 Å². The summed E-state index contributed by atoms with van der Waals surface area (Å²) in [6.45, 7) is -2.44. The second-order valence-electron chi connectivity index (χ2n) is 5.96. The molecule has 2 aliphatic heterocycles. The molecule has 0 aromatic carbocycles. The maximum absolute atomic E-state index is 10.8. The minimum Gasteiger partial charge on any atom is -0.394 e. The van der Waals surface area contributed by atoms with Crippen molar-refractivity contribution in [1.29, 1.82) is 0 Å². The zero-order chi connectivity index (χ0) is 20.1. The maximum atomic E-state index is 10.8. The SMILES string of the molecule is OC[C@H]1OC(CO)(O[C@]2(I)O[C@H](CO)[C@@H](O)[C@@](O)(I)[C@]2(O)I)[C@@H](O)[C@@H]1O. The highest BCUT2D eigenvalue weighted by atomic mass is 127. The summed E-state index contributed by atoms with van der Waals surface area (Å²) in [5.41, 5.74) is 0. The van der Waals surface area contributed by atoms with Gasteiger partial charge in [-0.05, 0) is 67.8 Å². The van der Waals surface area contributed by atoms with Gasteiger partial charge in [-0.25, -0.2) is 0 Å². The topological polar surface area (TPSA) is 190 Å². The molecule has 9 atom stereocenters. The number of aliphatic hydroxyl groups excluding tert-OH is 6. The highest BCUT2D eigenvalue weighted by molar-refractivity contribution is 14.1. The molecule has 0 amide bonds. The van der Waals surface area contributed by atoms with Crippen LogP contribution >= 0.6 is 67.8 Å². The van der Waals surface area contributed by atoms with Crippen molar-refractivity contribution in [3.8, 4) is 0 Å². The second kappa shape index (κ2) is 8.12. The van der Waals surface area contributed by atoms with Gasteiger partial charge in [0.2, 0.25) is 9.39 Å². The minimum atomic E-state index is -2.38. The Morgan fingerprint density at radius 3 is 1.81 bits per heavy atom. The van der Waals surface area contributed by atoms with Gasteiger partial charge in [0, 0.05) is 0 Å². The van der Waals surface area contributed by atoms with E-state index in [4.69, 9.17) is 14.2 Å². The zero-order valence-corrected chi connectivity index (χ0v) is 19.4. The fraction of sp³-hybridized carbons (Fsp3) is 1.00. The summed E-state index contributed by atoms with van der Waals surface area (Å²) in [7, 11) is 0. The Hall–Kier alpha value is 1.75. The lowest BCUT2D eigenvalue weighted by Gasteiger charge is -2.55. The molecule has 2 heterocycles. The molecular weight excluding hydrogens is 701 g/mol. The van der Waals surface area contributed by atoms with Gasteiger partial charge in [-0.3, -0.25) is 0 Å². The molecule has 0 spiro atoms. The van der Waals surface area contributed by atoms with Gasteiger partial charge < -0.3 is 55.1 Å². The van der Waals surface area contributed by atoms with E-state index >= 15 is 0 Å². The number of alkyl halides is 3.